The molecule has 2 aromatic carbocycles. The number of ether oxygens (including phenoxy) is 2. The number of hydrogen-bond donors (Lipinski definition) is 0. The Kier molecular flexibility index (Phi) is 5.73. The van der Waals surface area contributed by atoms with Crippen molar-refractivity contribution in [3.63, 3.8) is 0 Å². The fourth-order valence-electron chi connectivity index (χ4n) is 2.71. The highest BCUT2D eigenvalue weighted by Crippen LogP contribution is 2.27. The molecule has 25 heavy (non-hydrogen) atoms. The summed E-state index contributed by atoms with van der Waals surface area (Å²) in [5.41, 5.74) is 2.09. The maximum Gasteiger partial charge on any atom is 0.325 e. The molecule has 1 aromatic heterocycles. The molecule has 0 unspecified atom stereocenters. The van der Waals surface area contributed by atoms with E-state index in [1.54, 1.807) is 0 Å². The normalized spacial score (nSPS) is 10.8. The first-order valence-corrected chi connectivity index (χ1v) is 8.68. The van der Waals surface area contributed by atoms with Crippen LogP contribution in [0.2, 0.25) is 0 Å². The Balaban J connectivity index is 1.70. The van der Waals surface area contributed by atoms with Gasteiger partial charge >= 0.3 is 5.97 Å². The van der Waals surface area contributed by atoms with Crippen LogP contribution in [0.25, 0.3) is 10.9 Å². The number of rotatable bonds is 8. The van der Waals surface area contributed by atoms with E-state index in [4.69, 9.17) is 9.47 Å². The number of benzene rings is 2. The molecule has 0 bridgehead atoms. The Morgan fingerprint density at radius 2 is 1.88 bits per heavy atom. The topological polar surface area (TPSA) is 40.5 Å². The van der Waals surface area contributed by atoms with E-state index in [1.165, 1.54) is 0 Å². The third-order valence-electron chi connectivity index (χ3n) is 4.07. The number of esters is 1. The van der Waals surface area contributed by atoms with E-state index >= 15 is 0 Å². The molecule has 0 N–H and O–H groups in total. The second-order valence-electron chi connectivity index (χ2n) is 5.98. The van der Waals surface area contributed by atoms with Crippen LogP contribution in [-0.4, -0.2) is 17.1 Å². The van der Waals surface area contributed by atoms with E-state index in [0.29, 0.717) is 13.2 Å². The van der Waals surface area contributed by atoms with Gasteiger partial charge in [0.25, 0.3) is 0 Å². The summed E-state index contributed by atoms with van der Waals surface area (Å²) in [7, 11) is 0. The van der Waals surface area contributed by atoms with E-state index in [1.807, 2.05) is 65.4 Å². The zero-order valence-electron chi connectivity index (χ0n) is 14.5. The zero-order chi connectivity index (χ0) is 17.5. The van der Waals surface area contributed by atoms with Crippen molar-refractivity contribution in [3.8, 4) is 5.75 Å². The minimum absolute atomic E-state index is 0.207. The van der Waals surface area contributed by atoms with Gasteiger partial charge < -0.3 is 14.0 Å². The fraction of sp³-hybridized carbons (Fsp3) is 0.286. The molecule has 0 amide bonds. The minimum atomic E-state index is -0.207. The Bertz CT molecular complexity index is 824. The van der Waals surface area contributed by atoms with E-state index in [0.717, 1.165) is 35.1 Å². The smallest absolute Gasteiger partial charge is 0.325 e. The van der Waals surface area contributed by atoms with E-state index < -0.39 is 0 Å². The lowest BCUT2D eigenvalue weighted by Crippen LogP contribution is -2.13. The molecular formula is C21H23NO3. The largest absolute Gasteiger partial charge is 0.488 e. The predicted molar refractivity (Wildman–Crippen MR) is 98.6 cm³/mol. The van der Waals surface area contributed by atoms with Crippen LogP contribution in [0.5, 0.6) is 5.75 Å². The molecule has 4 nitrogen and oxygen atoms in total. The lowest BCUT2D eigenvalue weighted by Gasteiger charge is -2.09. The van der Waals surface area contributed by atoms with Gasteiger partial charge in [0.2, 0.25) is 0 Å². The first-order chi connectivity index (χ1) is 12.3. The van der Waals surface area contributed by atoms with E-state index in [2.05, 4.69) is 6.92 Å². The molecule has 3 rings (SSSR count). The Labute approximate surface area is 148 Å². The summed E-state index contributed by atoms with van der Waals surface area (Å²) in [6.07, 6.45) is 3.82. The Morgan fingerprint density at radius 1 is 1.04 bits per heavy atom. The lowest BCUT2D eigenvalue weighted by molar-refractivity contribution is -0.144. The average molecular weight is 337 g/mol. The third kappa shape index (κ3) is 4.41. The highest BCUT2D eigenvalue weighted by molar-refractivity contribution is 5.87. The second kappa shape index (κ2) is 8.38. The molecule has 4 heteroatoms. The number of nitrogens with zero attached hydrogens (tertiary/aromatic N) is 1. The van der Waals surface area contributed by atoms with Crippen LogP contribution in [0.3, 0.4) is 0 Å². The average Bonchev–Trinajstić information content (AvgIpc) is 3.04. The van der Waals surface area contributed by atoms with Crippen molar-refractivity contribution in [2.75, 3.05) is 6.61 Å². The summed E-state index contributed by atoms with van der Waals surface area (Å²) >= 11 is 0. The van der Waals surface area contributed by atoms with Gasteiger partial charge in [0.05, 0.1) is 12.1 Å². The number of hydrogen-bond acceptors (Lipinski definition) is 3. The maximum atomic E-state index is 12.0. The lowest BCUT2D eigenvalue weighted by atomic mass is 10.2. The number of carbonyl (C=O) groups is 1. The molecule has 0 spiro atoms. The predicted octanol–water partition coefficient (Wildman–Crippen LogP) is 4.56. The van der Waals surface area contributed by atoms with Crippen molar-refractivity contribution < 1.29 is 14.3 Å². The van der Waals surface area contributed by atoms with Gasteiger partial charge in [0.1, 0.15) is 18.9 Å². The molecular weight excluding hydrogens is 314 g/mol. The van der Waals surface area contributed by atoms with Gasteiger partial charge in [-0.15, -0.1) is 0 Å². The number of unbranched alkanes of at least 4 members (excludes halogenated alkanes) is 1. The van der Waals surface area contributed by atoms with Gasteiger partial charge in [-0.2, -0.15) is 0 Å². The van der Waals surface area contributed by atoms with Gasteiger partial charge in [-0.05, 0) is 30.2 Å². The van der Waals surface area contributed by atoms with Crippen LogP contribution >= 0.6 is 0 Å². The SMILES string of the molecule is CCCCOC(=O)Cn1ccc2c(OCc3ccccc3)cccc21. The van der Waals surface area contributed by atoms with Crippen LogP contribution in [0.15, 0.2) is 60.8 Å². The highest BCUT2D eigenvalue weighted by Gasteiger charge is 2.10. The molecule has 0 radical (unpaired) electrons. The van der Waals surface area contributed by atoms with Crippen LogP contribution in [0.1, 0.15) is 25.3 Å². The summed E-state index contributed by atoms with van der Waals surface area (Å²) in [6.45, 7) is 3.30. The van der Waals surface area contributed by atoms with Gasteiger partial charge in [-0.1, -0.05) is 49.7 Å². The monoisotopic (exact) mass is 337 g/mol. The summed E-state index contributed by atoms with van der Waals surface area (Å²) in [4.78, 5) is 12.0. The van der Waals surface area contributed by atoms with Crippen LogP contribution in [0.4, 0.5) is 0 Å². The highest BCUT2D eigenvalue weighted by atomic mass is 16.5. The summed E-state index contributed by atoms with van der Waals surface area (Å²) in [5, 5.41) is 1.000. The molecule has 3 aromatic rings. The first kappa shape index (κ1) is 17.1. The van der Waals surface area contributed by atoms with Crippen molar-refractivity contribution >= 4 is 16.9 Å². The number of fused-ring (bicyclic) bond motifs is 1. The zero-order valence-corrected chi connectivity index (χ0v) is 14.5. The molecule has 0 aliphatic heterocycles. The Morgan fingerprint density at radius 3 is 2.68 bits per heavy atom. The van der Waals surface area contributed by atoms with Gasteiger partial charge in [-0.25, -0.2) is 0 Å². The fourth-order valence-corrected chi connectivity index (χ4v) is 2.71. The second-order valence-corrected chi connectivity index (χ2v) is 5.98. The van der Waals surface area contributed by atoms with Gasteiger partial charge in [-0.3, -0.25) is 4.79 Å². The summed E-state index contributed by atoms with van der Waals surface area (Å²) in [5.74, 6) is 0.612. The third-order valence-corrected chi connectivity index (χ3v) is 4.07. The summed E-state index contributed by atoms with van der Waals surface area (Å²) < 4.78 is 13.1. The molecule has 0 aliphatic carbocycles. The van der Waals surface area contributed by atoms with Crippen molar-refractivity contribution in [1.29, 1.82) is 0 Å². The quantitative estimate of drug-likeness (QED) is 0.447. The Hall–Kier alpha value is -2.75. The minimum Gasteiger partial charge on any atom is -0.488 e. The van der Waals surface area contributed by atoms with Gasteiger partial charge in [0.15, 0.2) is 0 Å². The van der Waals surface area contributed by atoms with Gasteiger partial charge in [0, 0.05) is 11.6 Å². The van der Waals surface area contributed by atoms with Crippen LogP contribution in [0, 0.1) is 0 Å². The molecule has 0 atom stereocenters. The van der Waals surface area contributed by atoms with Crippen molar-refractivity contribution in [2.45, 2.75) is 32.9 Å². The molecule has 130 valence electrons. The van der Waals surface area contributed by atoms with Crippen LogP contribution < -0.4 is 4.74 Å². The summed E-state index contributed by atoms with van der Waals surface area (Å²) in [6, 6.07) is 17.9. The van der Waals surface area contributed by atoms with E-state index in [-0.39, 0.29) is 12.5 Å². The number of aromatic nitrogens is 1. The van der Waals surface area contributed by atoms with E-state index in [9.17, 15) is 4.79 Å². The van der Waals surface area contributed by atoms with Crippen molar-refractivity contribution in [2.24, 2.45) is 0 Å². The van der Waals surface area contributed by atoms with Crippen molar-refractivity contribution in [3.05, 3.63) is 66.4 Å². The molecule has 1 heterocycles. The molecule has 0 aliphatic rings. The first-order valence-electron chi connectivity index (χ1n) is 8.68. The maximum absolute atomic E-state index is 12.0. The standard InChI is InChI=1S/C21H23NO3/c1-2-3-14-24-21(23)15-22-13-12-18-19(22)10-7-11-20(18)25-16-17-8-5-4-6-9-17/h4-13H,2-3,14-16H2,1H3. The molecule has 0 saturated carbocycles. The molecule has 0 fully saturated rings. The number of carbonyl (C=O) groups excluding carboxylic acids is 1. The van der Waals surface area contributed by atoms with Crippen molar-refractivity contribution in [1.82, 2.24) is 4.57 Å². The van der Waals surface area contributed by atoms with Crippen LogP contribution in [-0.2, 0) is 22.7 Å². The molecule has 0 saturated heterocycles.